The van der Waals surface area contributed by atoms with E-state index in [0.29, 0.717) is 37.5 Å². The molecule has 1 unspecified atom stereocenters. The first-order valence-electron chi connectivity index (χ1n) is 10.6. The Morgan fingerprint density at radius 1 is 1.03 bits per heavy atom. The Morgan fingerprint density at radius 3 is 2.27 bits per heavy atom. The molecule has 0 aliphatic carbocycles. The first-order valence-corrected chi connectivity index (χ1v) is 10.9. The molecule has 1 heterocycles. The fourth-order valence-corrected chi connectivity index (χ4v) is 3.93. The lowest BCUT2D eigenvalue weighted by Gasteiger charge is -2.33. The van der Waals surface area contributed by atoms with Crippen LogP contribution in [0.2, 0.25) is 5.02 Å². The molecule has 2 aromatic carbocycles. The quantitative estimate of drug-likeness (QED) is 0.697. The zero-order valence-corrected chi connectivity index (χ0v) is 18.4. The van der Waals surface area contributed by atoms with Gasteiger partial charge in [0.15, 0.2) is 0 Å². The minimum absolute atomic E-state index is 0.0464. The van der Waals surface area contributed by atoms with Crippen molar-refractivity contribution in [3.05, 3.63) is 70.7 Å². The lowest BCUT2D eigenvalue weighted by molar-refractivity contribution is -0.126. The molecule has 0 saturated carbocycles. The van der Waals surface area contributed by atoms with E-state index in [-0.39, 0.29) is 29.8 Å². The van der Waals surface area contributed by atoms with Gasteiger partial charge in [0.1, 0.15) is 0 Å². The summed E-state index contributed by atoms with van der Waals surface area (Å²) in [6.45, 7) is 5.88. The smallest absolute Gasteiger partial charge is 0.317 e. The third-order valence-electron chi connectivity index (χ3n) is 5.64. The maximum absolute atomic E-state index is 12.8. The number of carbonyl (C=O) groups excluding carboxylic acids is 2. The fraction of sp³-hybridized carbons (Fsp3) is 0.417. The van der Waals surface area contributed by atoms with Gasteiger partial charge in [-0.1, -0.05) is 67.9 Å². The minimum atomic E-state index is -0.0818. The van der Waals surface area contributed by atoms with Crippen molar-refractivity contribution < 1.29 is 9.59 Å². The SMILES string of the molecule is CC(C)C(NC(=O)N1CCC(C(=O)NCc2ccccc2)CC1)c1ccc(Cl)cc1. The number of piperidine rings is 1. The number of rotatable bonds is 6. The molecule has 1 fully saturated rings. The second kappa shape index (κ2) is 10.5. The third kappa shape index (κ3) is 5.99. The van der Waals surface area contributed by atoms with Crippen molar-refractivity contribution in [3.63, 3.8) is 0 Å². The van der Waals surface area contributed by atoms with Crippen LogP contribution in [0.1, 0.15) is 43.9 Å². The number of halogens is 1. The lowest BCUT2D eigenvalue weighted by atomic mass is 9.95. The number of hydrogen-bond acceptors (Lipinski definition) is 2. The molecule has 0 bridgehead atoms. The zero-order chi connectivity index (χ0) is 21.5. The maximum atomic E-state index is 12.8. The summed E-state index contributed by atoms with van der Waals surface area (Å²) in [5, 5.41) is 6.85. The van der Waals surface area contributed by atoms with Crippen molar-refractivity contribution in [3.8, 4) is 0 Å². The zero-order valence-electron chi connectivity index (χ0n) is 17.6. The molecular weight excluding hydrogens is 398 g/mol. The van der Waals surface area contributed by atoms with Crippen molar-refractivity contribution in [1.82, 2.24) is 15.5 Å². The van der Waals surface area contributed by atoms with Gasteiger partial charge in [-0.25, -0.2) is 4.79 Å². The van der Waals surface area contributed by atoms with Gasteiger partial charge in [-0.2, -0.15) is 0 Å². The van der Waals surface area contributed by atoms with Gasteiger partial charge in [-0.15, -0.1) is 0 Å². The first-order chi connectivity index (χ1) is 14.4. The summed E-state index contributed by atoms with van der Waals surface area (Å²) in [4.78, 5) is 27.1. The van der Waals surface area contributed by atoms with Crippen molar-refractivity contribution in [2.75, 3.05) is 13.1 Å². The Morgan fingerprint density at radius 2 is 1.67 bits per heavy atom. The molecule has 1 aliphatic heterocycles. The van der Waals surface area contributed by atoms with Crippen LogP contribution in [0.15, 0.2) is 54.6 Å². The molecule has 1 atom stereocenters. The van der Waals surface area contributed by atoms with Crippen LogP contribution in [0, 0.1) is 11.8 Å². The molecular formula is C24H30ClN3O2. The van der Waals surface area contributed by atoms with Crippen molar-refractivity contribution >= 4 is 23.5 Å². The summed E-state index contributed by atoms with van der Waals surface area (Å²) in [5.41, 5.74) is 2.13. The molecule has 0 aromatic heterocycles. The molecule has 5 nitrogen and oxygen atoms in total. The van der Waals surface area contributed by atoms with Gasteiger partial charge in [0, 0.05) is 30.6 Å². The predicted molar refractivity (Wildman–Crippen MR) is 120 cm³/mol. The first kappa shape index (κ1) is 22.2. The number of likely N-dealkylation sites (tertiary alicyclic amines) is 1. The van der Waals surface area contributed by atoms with E-state index in [1.807, 2.05) is 59.5 Å². The van der Waals surface area contributed by atoms with Gasteiger partial charge in [0.25, 0.3) is 0 Å². The Kier molecular flexibility index (Phi) is 7.75. The minimum Gasteiger partial charge on any atom is -0.352 e. The Balaban J connectivity index is 1.49. The molecule has 0 spiro atoms. The molecule has 160 valence electrons. The standard InChI is InChI=1S/C24H30ClN3O2/c1-17(2)22(19-8-10-21(25)11-9-19)27-24(30)28-14-12-20(13-15-28)23(29)26-16-18-6-4-3-5-7-18/h3-11,17,20,22H,12-16H2,1-2H3,(H,26,29)(H,27,30). The van der Waals surface area contributed by atoms with E-state index in [4.69, 9.17) is 11.6 Å². The molecule has 6 heteroatoms. The third-order valence-corrected chi connectivity index (χ3v) is 5.89. The normalized spacial score (nSPS) is 15.7. The summed E-state index contributed by atoms with van der Waals surface area (Å²) in [6, 6.07) is 17.3. The number of urea groups is 1. The Bertz CT molecular complexity index is 831. The van der Waals surface area contributed by atoms with Crippen LogP contribution < -0.4 is 10.6 Å². The molecule has 1 saturated heterocycles. The van der Waals surface area contributed by atoms with E-state index in [1.165, 1.54) is 0 Å². The van der Waals surface area contributed by atoms with Crippen LogP contribution in [0.25, 0.3) is 0 Å². The second-order valence-corrected chi connectivity index (χ2v) is 8.62. The van der Waals surface area contributed by atoms with E-state index < -0.39 is 0 Å². The molecule has 3 amide bonds. The predicted octanol–water partition coefficient (Wildman–Crippen LogP) is 4.78. The molecule has 30 heavy (non-hydrogen) atoms. The van der Waals surface area contributed by atoms with Gasteiger partial charge < -0.3 is 15.5 Å². The average Bonchev–Trinajstić information content (AvgIpc) is 2.77. The number of benzene rings is 2. The number of nitrogens with one attached hydrogen (secondary N) is 2. The largest absolute Gasteiger partial charge is 0.352 e. The Labute approximate surface area is 183 Å². The highest BCUT2D eigenvalue weighted by Crippen LogP contribution is 2.24. The summed E-state index contributed by atoms with van der Waals surface area (Å²) >= 11 is 5.99. The summed E-state index contributed by atoms with van der Waals surface area (Å²) < 4.78 is 0. The fourth-order valence-electron chi connectivity index (χ4n) is 3.80. The average molecular weight is 428 g/mol. The van der Waals surface area contributed by atoms with Crippen LogP contribution in [-0.2, 0) is 11.3 Å². The van der Waals surface area contributed by atoms with Crippen molar-refractivity contribution in [2.45, 2.75) is 39.3 Å². The van der Waals surface area contributed by atoms with E-state index >= 15 is 0 Å². The number of nitrogens with zero attached hydrogens (tertiary/aromatic N) is 1. The van der Waals surface area contributed by atoms with E-state index in [2.05, 4.69) is 24.5 Å². The van der Waals surface area contributed by atoms with Crippen LogP contribution >= 0.6 is 11.6 Å². The number of carbonyl (C=O) groups is 2. The summed E-state index contributed by atoms with van der Waals surface area (Å²) in [7, 11) is 0. The van der Waals surface area contributed by atoms with Crippen LogP contribution in [0.4, 0.5) is 4.79 Å². The molecule has 3 rings (SSSR count). The van der Waals surface area contributed by atoms with Crippen LogP contribution in [-0.4, -0.2) is 29.9 Å². The highest BCUT2D eigenvalue weighted by molar-refractivity contribution is 6.30. The Hall–Kier alpha value is -2.53. The summed E-state index contributed by atoms with van der Waals surface area (Å²) in [5.74, 6) is 0.270. The monoisotopic (exact) mass is 427 g/mol. The summed E-state index contributed by atoms with van der Waals surface area (Å²) in [6.07, 6.45) is 1.36. The van der Waals surface area contributed by atoms with Crippen LogP contribution in [0.5, 0.6) is 0 Å². The van der Waals surface area contributed by atoms with Gasteiger partial charge in [-0.3, -0.25) is 4.79 Å². The number of hydrogen-bond donors (Lipinski definition) is 2. The second-order valence-electron chi connectivity index (χ2n) is 8.19. The van der Waals surface area contributed by atoms with Crippen molar-refractivity contribution in [1.29, 1.82) is 0 Å². The van der Waals surface area contributed by atoms with Gasteiger partial charge >= 0.3 is 6.03 Å². The maximum Gasteiger partial charge on any atom is 0.317 e. The van der Waals surface area contributed by atoms with E-state index in [9.17, 15) is 9.59 Å². The van der Waals surface area contributed by atoms with E-state index in [0.717, 1.165) is 11.1 Å². The van der Waals surface area contributed by atoms with Crippen molar-refractivity contribution in [2.24, 2.45) is 11.8 Å². The highest BCUT2D eigenvalue weighted by atomic mass is 35.5. The topological polar surface area (TPSA) is 61.4 Å². The number of amides is 3. The van der Waals surface area contributed by atoms with Gasteiger partial charge in [-0.05, 0) is 42.0 Å². The van der Waals surface area contributed by atoms with Crippen LogP contribution in [0.3, 0.4) is 0 Å². The van der Waals surface area contributed by atoms with Gasteiger partial charge in [0.05, 0.1) is 6.04 Å². The van der Waals surface area contributed by atoms with E-state index in [1.54, 1.807) is 0 Å². The van der Waals surface area contributed by atoms with Gasteiger partial charge in [0.2, 0.25) is 5.91 Å². The lowest BCUT2D eigenvalue weighted by Crippen LogP contribution is -2.48. The molecule has 1 aliphatic rings. The molecule has 0 radical (unpaired) electrons. The molecule has 2 aromatic rings. The molecule has 2 N–H and O–H groups in total. The highest BCUT2D eigenvalue weighted by Gasteiger charge is 2.29.